The molecule has 0 fully saturated rings. The smallest absolute Gasteiger partial charge is 0.239 e. The lowest BCUT2D eigenvalue weighted by atomic mass is 10.4. The third-order valence-electron chi connectivity index (χ3n) is 2.12. The maximum Gasteiger partial charge on any atom is 0.239 e. The van der Waals surface area contributed by atoms with E-state index in [0.717, 1.165) is 0 Å². The Morgan fingerprint density at radius 1 is 0.652 bits per heavy atom. The summed E-state index contributed by atoms with van der Waals surface area (Å²) in [7, 11) is 1.43. The summed E-state index contributed by atoms with van der Waals surface area (Å²) in [4.78, 5) is 55.1. The van der Waals surface area contributed by atoms with Crippen molar-refractivity contribution in [3.63, 3.8) is 0 Å². The zero-order valence-electron chi connectivity index (χ0n) is 13.9. The minimum absolute atomic E-state index is 0. The van der Waals surface area contributed by atoms with Crippen LogP contribution >= 0.6 is 0 Å². The predicted molar refractivity (Wildman–Crippen MR) is 93.7 cm³/mol. The Morgan fingerprint density at radius 2 is 0.957 bits per heavy atom. The Kier molecular flexibility index (Phi) is 14.1. The number of amides is 5. The molecule has 10 heteroatoms. The van der Waals surface area contributed by atoms with Crippen molar-refractivity contribution in [2.45, 2.75) is 20.8 Å². The Morgan fingerprint density at radius 3 is 1.26 bits per heavy atom. The molecule has 0 spiro atoms. The van der Waals surface area contributed by atoms with Crippen molar-refractivity contribution in [3.8, 4) is 0 Å². The first kappa shape index (κ1) is 22.6. The molecule has 0 aliphatic heterocycles. The lowest BCUT2D eigenvalue weighted by molar-refractivity contribution is -0.128. The molecule has 10 nitrogen and oxygen atoms in total. The number of rotatable bonds is 8. The first-order chi connectivity index (χ1) is 10.8. The van der Waals surface area contributed by atoms with E-state index in [4.69, 9.17) is 0 Å². The van der Waals surface area contributed by atoms with Crippen molar-refractivity contribution in [1.29, 1.82) is 0 Å². The lowest BCUT2D eigenvalue weighted by Gasteiger charge is -2.07. The fourth-order valence-electron chi connectivity index (χ4n) is 1.02. The van der Waals surface area contributed by atoms with Crippen molar-refractivity contribution in [2.75, 3.05) is 33.2 Å². The van der Waals surface area contributed by atoms with Gasteiger partial charge in [0.1, 0.15) is 0 Å². The van der Waals surface area contributed by atoms with Crippen LogP contribution in [-0.2, 0) is 24.0 Å². The summed E-state index contributed by atoms with van der Waals surface area (Å²) in [5.41, 5.74) is 0. The van der Waals surface area contributed by atoms with Crippen molar-refractivity contribution in [2.24, 2.45) is 0 Å². The molecule has 142 valence electrons. The predicted octanol–water partition coefficient (Wildman–Crippen LogP) is -1.53. The molecule has 0 unspecified atom stereocenters. The molecule has 0 heterocycles. The van der Waals surface area contributed by atoms with Crippen LogP contribution in [0.3, 0.4) is 0 Å². The monoisotopic (exact) mass is 341 g/mol. The van der Waals surface area contributed by atoms with Gasteiger partial charge in [0.25, 0.3) is 0 Å². The zero-order valence-corrected chi connectivity index (χ0v) is 13.9. The van der Waals surface area contributed by atoms with Crippen LogP contribution in [-0.4, -0.2) is 62.8 Å². The van der Waals surface area contributed by atoms with E-state index in [1.54, 1.807) is 0 Å². The number of hydrogen-bond donors (Lipinski definition) is 5. The lowest BCUT2D eigenvalue weighted by Crippen LogP contribution is -2.45. The Labute approximate surface area is 142 Å². The molecule has 0 bridgehead atoms. The Bertz CT molecular complexity index is 444. The van der Waals surface area contributed by atoms with Crippen LogP contribution in [0.5, 0.6) is 0 Å². The van der Waals surface area contributed by atoms with Crippen LogP contribution in [0.2, 0.25) is 0 Å². The highest BCUT2D eigenvalue weighted by atomic mass is 16.2. The molecule has 0 aromatic heterocycles. The molecule has 23 heavy (non-hydrogen) atoms. The van der Waals surface area contributed by atoms with E-state index in [1.165, 1.54) is 14.0 Å². The molecule has 0 radical (unpaired) electrons. The van der Waals surface area contributed by atoms with Crippen molar-refractivity contribution in [1.82, 2.24) is 26.6 Å². The highest BCUT2D eigenvalue weighted by Gasteiger charge is 2.08. The molecule has 5 N–H and O–H groups in total. The summed E-state index contributed by atoms with van der Waals surface area (Å²) in [6, 6.07) is 0. The third-order valence-corrected chi connectivity index (χ3v) is 2.12. The van der Waals surface area contributed by atoms with E-state index in [2.05, 4.69) is 26.6 Å². The molecule has 0 atom stereocenters. The number of hydrogen-bond acceptors (Lipinski definition) is 5. The van der Waals surface area contributed by atoms with Gasteiger partial charge in [-0.05, 0) is 0 Å². The second kappa shape index (κ2) is 14.3. The zero-order chi connectivity index (χ0) is 18.3. The van der Waals surface area contributed by atoms with Gasteiger partial charge in [-0.15, -0.1) is 0 Å². The standard InChI is InChI=1S/C11H19N5O5.C2H6.5H2/c1-7(17)13-4-9(19)15-6-11(21)16-5-10(20)14-3-8(18)12-2;1-2;;;;;/h3-6H2,1-2H3,(H,12,18)(H,13,17)(H,14,20)(H,15,19)(H,16,21);1-2H3;5*1H. The second-order valence-electron chi connectivity index (χ2n) is 3.91. The van der Waals surface area contributed by atoms with Crippen molar-refractivity contribution < 1.29 is 31.1 Å². The van der Waals surface area contributed by atoms with Crippen LogP contribution in [0, 0.1) is 0 Å². The van der Waals surface area contributed by atoms with Crippen LogP contribution in [0.4, 0.5) is 0 Å². The number of carbonyl (C=O) groups excluding carboxylic acids is 5. The maximum absolute atomic E-state index is 11.3. The van der Waals surface area contributed by atoms with E-state index in [9.17, 15) is 24.0 Å². The molecule has 0 aliphatic carbocycles. The van der Waals surface area contributed by atoms with Gasteiger partial charge in [-0.3, -0.25) is 24.0 Å². The SMILES string of the molecule is CC.CNC(=O)CNC(=O)CNC(=O)CNC(=O)CNC(C)=O.[HH].[HH].[HH].[HH].[HH]. The van der Waals surface area contributed by atoms with Crippen LogP contribution in [0.25, 0.3) is 0 Å². The topological polar surface area (TPSA) is 146 Å². The van der Waals surface area contributed by atoms with Gasteiger partial charge < -0.3 is 26.6 Å². The summed E-state index contributed by atoms with van der Waals surface area (Å²) in [6.45, 7) is 4.23. The summed E-state index contributed by atoms with van der Waals surface area (Å²) in [6.07, 6.45) is 0. The highest BCUT2D eigenvalue weighted by Crippen LogP contribution is 1.70. The van der Waals surface area contributed by atoms with E-state index < -0.39 is 17.7 Å². The number of carbonyl (C=O) groups is 5. The van der Waals surface area contributed by atoms with Gasteiger partial charge in [-0.1, -0.05) is 13.8 Å². The minimum Gasteiger partial charge on any atom is -0.358 e. The van der Waals surface area contributed by atoms with Crippen molar-refractivity contribution in [3.05, 3.63) is 0 Å². The first-order valence-electron chi connectivity index (χ1n) is 7.10. The van der Waals surface area contributed by atoms with Gasteiger partial charge in [0.05, 0.1) is 26.2 Å². The van der Waals surface area contributed by atoms with Gasteiger partial charge in [-0.25, -0.2) is 0 Å². The molecule has 0 aliphatic rings. The Balaban J connectivity index is -0.000000122. The van der Waals surface area contributed by atoms with E-state index in [1.807, 2.05) is 13.8 Å². The molecule has 0 aromatic carbocycles. The van der Waals surface area contributed by atoms with Crippen LogP contribution in [0.1, 0.15) is 27.9 Å². The van der Waals surface area contributed by atoms with Gasteiger partial charge >= 0.3 is 0 Å². The fourth-order valence-corrected chi connectivity index (χ4v) is 1.02. The fraction of sp³-hybridized carbons (Fsp3) is 0.615. The quantitative estimate of drug-likeness (QED) is 0.364. The number of likely N-dealkylation sites (N-methyl/N-ethyl adjacent to an activating group) is 1. The van der Waals surface area contributed by atoms with Crippen LogP contribution < -0.4 is 26.6 Å². The molecule has 0 saturated heterocycles. The molecular formula is C13H35N5O5. The summed E-state index contributed by atoms with van der Waals surface area (Å²) in [5, 5.41) is 11.4. The van der Waals surface area contributed by atoms with Gasteiger partial charge in [0.2, 0.25) is 29.5 Å². The van der Waals surface area contributed by atoms with Crippen LogP contribution in [0.15, 0.2) is 0 Å². The summed E-state index contributed by atoms with van der Waals surface area (Å²) >= 11 is 0. The minimum atomic E-state index is -0.568. The van der Waals surface area contributed by atoms with E-state index in [-0.39, 0.29) is 45.1 Å². The van der Waals surface area contributed by atoms with Gasteiger partial charge in [-0.2, -0.15) is 0 Å². The molecule has 5 amide bonds. The number of nitrogens with one attached hydrogen (secondary N) is 5. The van der Waals surface area contributed by atoms with Gasteiger partial charge in [0.15, 0.2) is 0 Å². The third kappa shape index (κ3) is 15.6. The average molecular weight is 341 g/mol. The largest absolute Gasteiger partial charge is 0.358 e. The molecule has 0 saturated carbocycles. The van der Waals surface area contributed by atoms with E-state index in [0.29, 0.717) is 0 Å². The van der Waals surface area contributed by atoms with Crippen molar-refractivity contribution >= 4 is 29.5 Å². The molecule has 0 aromatic rings. The summed E-state index contributed by atoms with van der Waals surface area (Å²) in [5.74, 6) is -2.34. The average Bonchev–Trinajstić information content (AvgIpc) is 2.55. The first-order valence-corrected chi connectivity index (χ1v) is 7.10. The molecular weight excluding hydrogens is 306 g/mol. The summed E-state index contributed by atoms with van der Waals surface area (Å²) < 4.78 is 0. The normalized spacial score (nSPS) is 8.70. The van der Waals surface area contributed by atoms with Gasteiger partial charge in [0, 0.05) is 21.1 Å². The highest BCUT2D eigenvalue weighted by molar-refractivity contribution is 5.90. The van der Waals surface area contributed by atoms with E-state index >= 15 is 0 Å². The Hall–Kier alpha value is -2.65. The second-order valence-corrected chi connectivity index (χ2v) is 3.91. The maximum atomic E-state index is 11.3. The molecule has 0 rings (SSSR count).